The number of pyridine rings is 2. The first-order chi connectivity index (χ1) is 58.5. The molecule has 0 bridgehead atoms. The Balaban J connectivity index is 0.000000138. The van der Waals surface area contributed by atoms with Crippen molar-refractivity contribution in [3.05, 3.63) is 400 Å². The molecule has 6 nitrogen and oxygen atoms in total. The van der Waals surface area contributed by atoms with E-state index in [1.807, 2.05) is 95.5 Å². The Morgan fingerprint density at radius 1 is 0.161 bits per heavy atom. The maximum Gasteiger partial charge on any atom is 0.160 e. The Morgan fingerprint density at radius 3 is 0.771 bits per heavy atom. The summed E-state index contributed by atoms with van der Waals surface area (Å²) in [6.45, 7) is 0. The number of nitrogens with zero attached hydrogens (tertiary/aromatic N) is 6. The fraction of sp³-hybridized carbons (Fsp3) is 0. The van der Waals surface area contributed by atoms with Crippen molar-refractivity contribution in [2.24, 2.45) is 0 Å². The van der Waals surface area contributed by atoms with Crippen LogP contribution in [0.3, 0.4) is 0 Å². The topological polar surface area (TPSA) is 77.3 Å². The van der Waals surface area contributed by atoms with E-state index in [9.17, 15) is 0 Å². The molecule has 0 atom stereocenters. The van der Waals surface area contributed by atoms with Crippen LogP contribution < -0.4 is 0 Å². The van der Waals surface area contributed by atoms with Gasteiger partial charge in [-0.15, -0.1) is 22.7 Å². The molecular formula is C110H66N6S2. The normalized spacial score (nSPS) is 11.7. The molecule has 24 aromatic rings. The lowest BCUT2D eigenvalue weighted by Gasteiger charge is -2.14. The van der Waals surface area contributed by atoms with Crippen molar-refractivity contribution in [1.29, 1.82) is 0 Å². The fourth-order valence-electron chi connectivity index (χ4n) is 17.7. The van der Waals surface area contributed by atoms with Gasteiger partial charge in [0.1, 0.15) is 0 Å². The molecule has 548 valence electrons. The lowest BCUT2D eigenvalue weighted by molar-refractivity contribution is 1.18. The first-order valence-electron chi connectivity index (χ1n) is 39.9. The Bertz CT molecular complexity index is 7480. The van der Waals surface area contributed by atoms with Crippen LogP contribution in [0.25, 0.3) is 239 Å². The quantitative estimate of drug-likeness (QED) is 0.127. The second-order valence-electron chi connectivity index (χ2n) is 30.2. The zero-order chi connectivity index (χ0) is 77.7. The SMILES string of the molecule is c1ccc(-c2cc(-c3ccc(-c4cccc5c4nc(-c4ccc6c7ccccc7c7ccccc7c6c4)c4c6ccccc6sc54)cc3)nc(-c3ccccc3)n2)cc1.c1ccc(-c2cc(-c3ccccc3)nc(-c3ccc(-c4cccc5c4nc(-c4ccc6c7ccccc7c7ccccc7c6c4)c4c6ccccc6sc54)cc3)n2)cc1. The summed E-state index contributed by atoms with van der Waals surface area (Å²) in [5, 5.41) is 22.4. The Labute approximate surface area is 687 Å². The predicted octanol–water partition coefficient (Wildman–Crippen LogP) is 30.4. The third kappa shape index (κ3) is 11.7. The number of benzene rings is 18. The highest BCUT2D eigenvalue weighted by Crippen LogP contribution is 2.49. The number of fused-ring (bicyclic) bond motifs is 22. The van der Waals surface area contributed by atoms with E-state index in [0.717, 1.165) is 117 Å². The highest BCUT2D eigenvalue weighted by atomic mass is 32.1. The second-order valence-corrected chi connectivity index (χ2v) is 32.3. The summed E-state index contributed by atoms with van der Waals surface area (Å²) in [5.74, 6) is 1.40. The van der Waals surface area contributed by atoms with Crippen molar-refractivity contribution >= 4 is 149 Å². The maximum absolute atomic E-state index is 5.68. The van der Waals surface area contributed by atoms with Crippen molar-refractivity contribution in [3.63, 3.8) is 0 Å². The Morgan fingerprint density at radius 2 is 0.415 bits per heavy atom. The van der Waals surface area contributed by atoms with Crippen molar-refractivity contribution in [2.75, 3.05) is 0 Å². The summed E-state index contributed by atoms with van der Waals surface area (Å²) in [6.07, 6.45) is 0. The summed E-state index contributed by atoms with van der Waals surface area (Å²) in [7, 11) is 0. The lowest BCUT2D eigenvalue weighted by Crippen LogP contribution is -1.96. The van der Waals surface area contributed by atoms with Gasteiger partial charge in [0.15, 0.2) is 11.6 Å². The van der Waals surface area contributed by atoms with Crippen LogP contribution in [0.1, 0.15) is 0 Å². The molecule has 0 fully saturated rings. The summed E-state index contributed by atoms with van der Waals surface area (Å²) in [5.41, 5.74) is 20.3. The number of hydrogen-bond acceptors (Lipinski definition) is 8. The molecule has 0 aliphatic heterocycles. The molecule has 6 heterocycles. The van der Waals surface area contributed by atoms with Crippen molar-refractivity contribution in [1.82, 2.24) is 29.9 Å². The van der Waals surface area contributed by atoms with Crippen molar-refractivity contribution in [3.8, 4) is 113 Å². The average molecular weight is 1540 g/mol. The van der Waals surface area contributed by atoms with E-state index < -0.39 is 0 Å². The fourth-order valence-corrected chi connectivity index (χ4v) is 20.2. The highest BCUT2D eigenvalue weighted by Gasteiger charge is 2.24. The number of aromatic nitrogens is 6. The van der Waals surface area contributed by atoms with Gasteiger partial charge in [-0.3, -0.25) is 0 Å². The van der Waals surface area contributed by atoms with Gasteiger partial charge in [0, 0.05) is 107 Å². The molecule has 6 aromatic heterocycles. The van der Waals surface area contributed by atoms with Gasteiger partial charge in [0.2, 0.25) is 0 Å². The van der Waals surface area contributed by atoms with E-state index in [0.29, 0.717) is 11.6 Å². The molecule has 0 saturated heterocycles. The van der Waals surface area contributed by atoms with Gasteiger partial charge >= 0.3 is 0 Å². The summed E-state index contributed by atoms with van der Waals surface area (Å²) in [6, 6.07) is 143. The minimum atomic E-state index is 0.693. The highest BCUT2D eigenvalue weighted by molar-refractivity contribution is 7.27. The molecule has 0 N–H and O–H groups in total. The minimum absolute atomic E-state index is 0.693. The molecule has 0 radical (unpaired) electrons. The van der Waals surface area contributed by atoms with Gasteiger partial charge in [-0.05, 0) is 112 Å². The third-order valence-corrected chi connectivity index (χ3v) is 25.8. The molecule has 0 saturated carbocycles. The van der Waals surface area contributed by atoms with Crippen LogP contribution in [0.4, 0.5) is 0 Å². The van der Waals surface area contributed by atoms with Gasteiger partial charge in [-0.1, -0.05) is 364 Å². The number of thiophene rings is 2. The maximum atomic E-state index is 5.68. The van der Waals surface area contributed by atoms with E-state index in [1.165, 1.54) is 110 Å². The molecule has 0 unspecified atom stereocenters. The van der Waals surface area contributed by atoms with E-state index >= 15 is 0 Å². The van der Waals surface area contributed by atoms with Gasteiger partial charge < -0.3 is 0 Å². The first kappa shape index (κ1) is 68.5. The monoisotopic (exact) mass is 1530 g/mol. The number of rotatable bonds is 10. The molecule has 24 rings (SSSR count). The third-order valence-electron chi connectivity index (χ3n) is 23.3. The van der Waals surface area contributed by atoms with Crippen LogP contribution in [0.15, 0.2) is 400 Å². The summed E-state index contributed by atoms with van der Waals surface area (Å²) < 4.78 is 5.04. The standard InChI is InChI=1S/2C55H33N3S/c1-3-14-35(15-4-1)48-33-49(57-55(56-48)37-16-5-2-6-17-37)36-28-26-34(27-29-36)39-23-13-24-46-53(39)58-52(51-45-22-11-12-25-50(45)59-54(46)51)38-30-31-44-42-20-8-7-18-40(42)41-19-9-10-21-43(41)47(44)32-38;1-3-14-35(15-4-1)48-33-49(36-16-5-2-6-17-36)57-55(56-48)37-28-26-34(27-29-37)39-23-13-24-46-53(39)58-52(51-45-22-11-12-25-50(45)59-54(46)51)38-30-31-44-42-20-8-7-18-40(42)41-19-9-10-21-43(41)47(44)32-38/h2*1-33H. The molecular weight excluding hydrogens is 1470 g/mol. The van der Waals surface area contributed by atoms with Gasteiger partial charge in [0.05, 0.1) is 45.2 Å². The van der Waals surface area contributed by atoms with Crippen molar-refractivity contribution < 1.29 is 0 Å². The van der Waals surface area contributed by atoms with Crippen LogP contribution in [-0.2, 0) is 0 Å². The van der Waals surface area contributed by atoms with Crippen LogP contribution >= 0.6 is 22.7 Å². The van der Waals surface area contributed by atoms with E-state index in [-0.39, 0.29) is 0 Å². The number of hydrogen-bond donors (Lipinski definition) is 0. The van der Waals surface area contributed by atoms with Gasteiger partial charge in [-0.2, -0.15) is 0 Å². The largest absolute Gasteiger partial charge is 0.246 e. The molecule has 0 amide bonds. The minimum Gasteiger partial charge on any atom is -0.246 e. The summed E-state index contributed by atoms with van der Waals surface area (Å²) in [4.78, 5) is 31.6. The Hall–Kier alpha value is -15.1. The van der Waals surface area contributed by atoms with Crippen molar-refractivity contribution in [2.45, 2.75) is 0 Å². The van der Waals surface area contributed by atoms with E-state index in [1.54, 1.807) is 0 Å². The van der Waals surface area contributed by atoms with Crippen LogP contribution in [0.5, 0.6) is 0 Å². The predicted molar refractivity (Wildman–Crippen MR) is 500 cm³/mol. The molecule has 0 aliphatic rings. The van der Waals surface area contributed by atoms with E-state index in [4.69, 9.17) is 29.9 Å². The smallest absolute Gasteiger partial charge is 0.160 e. The first-order valence-corrected chi connectivity index (χ1v) is 41.5. The zero-order valence-electron chi connectivity index (χ0n) is 63.6. The molecule has 0 spiro atoms. The zero-order valence-corrected chi connectivity index (χ0v) is 65.2. The molecule has 0 aliphatic carbocycles. The average Bonchev–Trinajstić information content (AvgIpc) is 1.71. The molecule has 118 heavy (non-hydrogen) atoms. The Kier molecular flexibility index (Phi) is 16.5. The van der Waals surface area contributed by atoms with Gasteiger partial charge in [0.25, 0.3) is 0 Å². The van der Waals surface area contributed by atoms with Crippen LogP contribution in [0, 0.1) is 0 Å². The lowest BCUT2D eigenvalue weighted by atomic mass is 9.92. The molecule has 8 heteroatoms. The van der Waals surface area contributed by atoms with E-state index in [2.05, 4.69) is 328 Å². The number of para-hydroxylation sites is 2. The second kappa shape index (κ2) is 28.5. The molecule has 18 aromatic carbocycles. The summed E-state index contributed by atoms with van der Waals surface area (Å²) >= 11 is 3.71. The van der Waals surface area contributed by atoms with Crippen LogP contribution in [0.2, 0.25) is 0 Å². The van der Waals surface area contributed by atoms with Gasteiger partial charge in [-0.25, -0.2) is 29.9 Å². The van der Waals surface area contributed by atoms with Crippen LogP contribution in [-0.4, -0.2) is 29.9 Å².